The van der Waals surface area contributed by atoms with Crippen LogP contribution in [0.3, 0.4) is 0 Å². The van der Waals surface area contributed by atoms with Crippen molar-refractivity contribution in [3.8, 4) is 5.75 Å². The number of hydrogen-bond donors (Lipinski definition) is 2. The van der Waals surface area contributed by atoms with E-state index >= 15 is 0 Å². The van der Waals surface area contributed by atoms with E-state index in [4.69, 9.17) is 10.5 Å². The third kappa shape index (κ3) is 4.29. The van der Waals surface area contributed by atoms with Crippen molar-refractivity contribution in [2.75, 3.05) is 31.3 Å². The summed E-state index contributed by atoms with van der Waals surface area (Å²) in [4.78, 5) is 13.0. The first-order chi connectivity index (χ1) is 9.35. The number of halogens is 1. The first-order valence-electron chi connectivity index (χ1n) is 6.52. The summed E-state index contributed by atoms with van der Waals surface area (Å²) in [6, 6.07) is 2.80. The molecule has 1 rings (SSSR count). The van der Waals surface area contributed by atoms with Gasteiger partial charge >= 0.3 is 0 Å². The van der Waals surface area contributed by atoms with Crippen molar-refractivity contribution in [2.45, 2.75) is 26.4 Å². The summed E-state index contributed by atoms with van der Waals surface area (Å²) < 4.78 is 19.1. The molecule has 1 amide bonds. The van der Waals surface area contributed by atoms with E-state index in [0.717, 1.165) is 0 Å². The number of carbonyl (C=O) groups is 1. The molecule has 112 valence electrons. The standard InChI is InChI=1S/C14H22FN3O2/c1-9(2)20-13-8-12(11(16)7-10(13)15)18(4)6-5-14(19)17-3/h7-9H,5-6,16H2,1-4H3,(H,17,19). The van der Waals surface area contributed by atoms with Crippen LogP contribution in [-0.4, -0.2) is 32.7 Å². The van der Waals surface area contributed by atoms with E-state index in [1.807, 2.05) is 13.8 Å². The highest BCUT2D eigenvalue weighted by molar-refractivity contribution is 5.77. The number of carbonyl (C=O) groups excluding carboxylic acids is 1. The Hall–Kier alpha value is -1.98. The molecule has 0 radical (unpaired) electrons. The Balaban J connectivity index is 2.90. The predicted molar refractivity (Wildman–Crippen MR) is 78.5 cm³/mol. The lowest BCUT2D eigenvalue weighted by Gasteiger charge is -2.22. The maximum atomic E-state index is 13.7. The second kappa shape index (κ2) is 6.98. The molecule has 0 saturated heterocycles. The molecule has 0 aliphatic heterocycles. The van der Waals surface area contributed by atoms with Crippen LogP contribution < -0.4 is 20.7 Å². The monoisotopic (exact) mass is 283 g/mol. The molecule has 5 nitrogen and oxygen atoms in total. The van der Waals surface area contributed by atoms with Crippen molar-refractivity contribution in [1.82, 2.24) is 5.32 Å². The highest BCUT2D eigenvalue weighted by Crippen LogP contribution is 2.31. The highest BCUT2D eigenvalue weighted by Gasteiger charge is 2.14. The molecule has 0 aliphatic rings. The van der Waals surface area contributed by atoms with Crippen molar-refractivity contribution in [2.24, 2.45) is 0 Å². The molecule has 0 spiro atoms. The number of rotatable bonds is 6. The number of ether oxygens (including phenoxy) is 1. The molecule has 0 aromatic heterocycles. The van der Waals surface area contributed by atoms with Gasteiger partial charge in [0.2, 0.25) is 5.91 Å². The van der Waals surface area contributed by atoms with Gasteiger partial charge in [-0.1, -0.05) is 0 Å². The smallest absolute Gasteiger partial charge is 0.221 e. The Morgan fingerprint density at radius 3 is 2.70 bits per heavy atom. The van der Waals surface area contributed by atoms with Gasteiger partial charge in [-0.3, -0.25) is 4.79 Å². The van der Waals surface area contributed by atoms with Gasteiger partial charge in [-0.05, 0) is 13.8 Å². The topological polar surface area (TPSA) is 67.6 Å². The maximum absolute atomic E-state index is 13.7. The zero-order valence-corrected chi connectivity index (χ0v) is 12.4. The Bertz CT molecular complexity index is 478. The molecule has 0 aliphatic carbocycles. The van der Waals surface area contributed by atoms with Gasteiger partial charge < -0.3 is 20.7 Å². The summed E-state index contributed by atoms with van der Waals surface area (Å²) in [5.41, 5.74) is 6.79. The van der Waals surface area contributed by atoms with Crippen LogP contribution in [0, 0.1) is 5.82 Å². The van der Waals surface area contributed by atoms with Gasteiger partial charge in [-0.25, -0.2) is 4.39 Å². The second-order valence-corrected chi connectivity index (χ2v) is 4.85. The van der Waals surface area contributed by atoms with E-state index in [9.17, 15) is 9.18 Å². The Kier molecular flexibility index (Phi) is 5.61. The highest BCUT2D eigenvalue weighted by atomic mass is 19.1. The molecule has 0 atom stereocenters. The molecule has 6 heteroatoms. The summed E-state index contributed by atoms with van der Waals surface area (Å²) in [5.74, 6) is -0.383. The number of nitrogen functional groups attached to an aromatic ring is 1. The molecule has 0 saturated carbocycles. The Labute approximate surface area is 118 Å². The predicted octanol–water partition coefficient (Wildman–Crippen LogP) is 1.77. The van der Waals surface area contributed by atoms with Crippen LogP contribution in [0.4, 0.5) is 15.8 Å². The summed E-state index contributed by atoms with van der Waals surface area (Å²) in [7, 11) is 3.38. The van der Waals surface area contributed by atoms with Gasteiger partial charge in [0, 0.05) is 39.2 Å². The summed E-state index contributed by atoms with van der Waals surface area (Å²) in [6.45, 7) is 4.13. The van der Waals surface area contributed by atoms with Gasteiger partial charge in [0.1, 0.15) is 0 Å². The molecule has 0 unspecified atom stereocenters. The Morgan fingerprint density at radius 2 is 2.15 bits per heavy atom. The zero-order valence-electron chi connectivity index (χ0n) is 12.4. The number of nitrogens with two attached hydrogens (primary N) is 1. The van der Waals surface area contributed by atoms with E-state index in [1.165, 1.54) is 6.07 Å². The molecular formula is C14H22FN3O2. The minimum Gasteiger partial charge on any atom is -0.488 e. The third-order valence-electron chi connectivity index (χ3n) is 2.81. The average molecular weight is 283 g/mol. The Morgan fingerprint density at radius 1 is 1.50 bits per heavy atom. The average Bonchev–Trinajstić information content (AvgIpc) is 2.38. The summed E-state index contributed by atoms with van der Waals surface area (Å²) in [6.07, 6.45) is 0.210. The minimum atomic E-state index is -0.486. The van der Waals surface area contributed by atoms with Gasteiger partial charge in [0.05, 0.1) is 17.5 Å². The van der Waals surface area contributed by atoms with Gasteiger partial charge in [0.15, 0.2) is 11.6 Å². The van der Waals surface area contributed by atoms with Crippen LogP contribution >= 0.6 is 0 Å². The number of anilines is 2. The number of nitrogens with zero attached hydrogens (tertiary/aromatic N) is 1. The lowest BCUT2D eigenvalue weighted by atomic mass is 10.2. The van der Waals surface area contributed by atoms with Crippen LogP contribution in [0.15, 0.2) is 12.1 Å². The van der Waals surface area contributed by atoms with Gasteiger partial charge in [0.25, 0.3) is 0 Å². The van der Waals surface area contributed by atoms with E-state index < -0.39 is 5.82 Å². The lowest BCUT2D eigenvalue weighted by Crippen LogP contribution is -2.27. The minimum absolute atomic E-state index is 0.0591. The van der Waals surface area contributed by atoms with E-state index in [1.54, 1.807) is 25.1 Å². The van der Waals surface area contributed by atoms with Gasteiger partial charge in [-0.15, -0.1) is 0 Å². The fourth-order valence-corrected chi connectivity index (χ4v) is 1.75. The van der Waals surface area contributed by atoms with Gasteiger partial charge in [-0.2, -0.15) is 0 Å². The third-order valence-corrected chi connectivity index (χ3v) is 2.81. The van der Waals surface area contributed by atoms with Crippen molar-refractivity contribution < 1.29 is 13.9 Å². The van der Waals surface area contributed by atoms with Crippen LogP contribution in [0.1, 0.15) is 20.3 Å². The maximum Gasteiger partial charge on any atom is 0.221 e. The fraction of sp³-hybridized carbons (Fsp3) is 0.500. The number of nitrogens with one attached hydrogen (secondary N) is 1. The molecule has 1 aromatic carbocycles. The van der Waals surface area contributed by atoms with Crippen molar-refractivity contribution >= 4 is 17.3 Å². The molecule has 0 bridgehead atoms. The van der Waals surface area contributed by atoms with Crippen LogP contribution in [0.25, 0.3) is 0 Å². The van der Waals surface area contributed by atoms with Crippen molar-refractivity contribution in [3.63, 3.8) is 0 Å². The fourth-order valence-electron chi connectivity index (χ4n) is 1.75. The van der Waals surface area contributed by atoms with Crippen LogP contribution in [0.5, 0.6) is 5.75 Å². The SMILES string of the molecule is CNC(=O)CCN(C)c1cc(OC(C)C)c(F)cc1N. The van der Waals surface area contributed by atoms with E-state index in [-0.39, 0.29) is 17.8 Å². The number of benzene rings is 1. The molecule has 20 heavy (non-hydrogen) atoms. The summed E-state index contributed by atoms with van der Waals surface area (Å²) >= 11 is 0. The second-order valence-electron chi connectivity index (χ2n) is 4.85. The molecule has 0 fully saturated rings. The first-order valence-corrected chi connectivity index (χ1v) is 6.52. The largest absolute Gasteiger partial charge is 0.488 e. The van der Waals surface area contributed by atoms with Crippen molar-refractivity contribution in [3.05, 3.63) is 17.9 Å². The van der Waals surface area contributed by atoms with Crippen LogP contribution in [-0.2, 0) is 4.79 Å². The molecular weight excluding hydrogens is 261 g/mol. The zero-order chi connectivity index (χ0) is 15.3. The quantitative estimate of drug-likeness (QED) is 0.781. The summed E-state index contributed by atoms with van der Waals surface area (Å²) in [5, 5.41) is 2.55. The molecule has 3 N–H and O–H groups in total. The molecule has 1 aromatic rings. The normalized spacial score (nSPS) is 10.5. The number of hydrogen-bond acceptors (Lipinski definition) is 4. The van der Waals surface area contributed by atoms with E-state index in [0.29, 0.717) is 24.3 Å². The lowest BCUT2D eigenvalue weighted by molar-refractivity contribution is -0.120. The number of amides is 1. The first kappa shape index (κ1) is 16.1. The van der Waals surface area contributed by atoms with Crippen LogP contribution in [0.2, 0.25) is 0 Å². The van der Waals surface area contributed by atoms with Crippen molar-refractivity contribution in [1.29, 1.82) is 0 Å². The van der Waals surface area contributed by atoms with E-state index in [2.05, 4.69) is 5.32 Å². The molecule has 0 heterocycles.